The number of ether oxygens (including phenoxy) is 1. The monoisotopic (exact) mass is 320 g/mol. The van der Waals surface area contributed by atoms with E-state index in [1.807, 2.05) is 22.8 Å². The van der Waals surface area contributed by atoms with Crippen LogP contribution in [0.1, 0.15) is 31.5 Å². The zero-order valence-electron chi connectivity index (χ0n) is 14.7. The van der Waals surface area contributed by atoms with Gasteiger partial charge in [-0.15, -0.1) is 0 Å². The van der Waals surface area contributed by atoms with Gasteiger partial charge in [-0.3, -0.25) is 14.4 Å². The van der Waals surface area contributed by atoms with Crippen molar-refractivity contribution in [3.8, 4) is 0 Å². The molecule has 2 saturated heterocycles. The Labute approximate surface area is 138 Å². The molecule has 1 aromatic heterocycles. The van der Waals surface area contributed by atoms with Crippen molar-refractivity contribution in [2.45, 2.75) is 39.8 Å². The van der Waals surface area contributed by atoms with Crippen LogP contribution < -0.4 is 0 Å². The van der Waals surface area contributed by atoms with Crippen LogP contribution in [-0.2, 0) is 23.1 Å². The molecule has 2 aliphatic rings. The fourth-order valence-electron chi connectivity index (χ4n) is 3.75. The van der Waals surface area contributed by atoms with E-state index in [0.717, 1.165) is 32.6 Å². The summed E-state index contributed by atoms with van der Waals surface area (Å²) in [6.07, 6.45) is 3.05. The predicted octanol–water partition coefficient (Wildman–Crippen LogP) is 1.19. The van der Waals surface area contributed by atoms with E-state index >= 15 is 0 Å². The van der Waals surface area contributed by atoms with Crippen molar-refractivity contribution in [1.29, 1.82) is 0 Å². The van der Waals surface area contributed by atoms with E-state index in [1.54, 1.807) is 0 Å². The summed E-state index contributed by atoms with van der Waals surface area (Å²) < 4.78 is 7.64. The lowest BCUT2D eigenvalue weighted by Gasteiger charge is -2.34. The van der Waals surface area contributed by atoms with Crippen molar-refractivity contribution in [3.05, 3.63) is 17.5 Å². The van der Waals surface area contributed by atoms with Crippen LogP contribution in [0.4, 0.5) is 0 Å². The average Bonchev–Trinajstić information content (AvgIpc) is 2.97. The number of aromatic nitrogens is 2. The minimum Gasteiger partial charge on any atom is -0.371 e. The first-order valence-electron chi connectivity index (χ1n) is 8.47. The minimum atomic E-state index is 0.0759. The molecule has 0 aromatic carbocycles. The van der Waals surface area contributed by atoms with Gasteiger partial charge in [-0.05, 0) is 33.7 Å². The van der Waals surface area contributed by atoms with Crippen molar-refractivity contribution >= 4 is 5.91 Å². The third-order valence-electron chi connectivity index (χ3n) is 5.33. The van der Waals surface area contributed by atoms with Crippen LogP contribution in [0.3, 0.4) is 0 Å². The van der Waals surface area contributed by atoms with Crippen molar-refractivity contribution in [2.75, 3.05) is 32.8 Å². The molecular weight excluding hydrogens is 292 g/mol. The van der Waals surface area contributed by atoms with Crippen LogP contribution in [0.2, 0.25) is 0 Å². The molecule has 2 fully saturated rings. The largest absolute Gasteiger partial charge is 0.371 e. The number of hydrogen-bond donors (Lipinski definition) is 0. The molecule has 1 aromatic rings. The first-order valence-corrected chi connectivity index (χ1v) is 8.47. The molecule has 0 N–H and O–H groups in total. The first-order chi connectivity index (χ1) is 10.9. The molecule has 0 radical (unpaired) electrons. The molecule has 1 amide bonds. The van der Waals surface area contributed by atoms with Gasteiger partial charge in [0.1, 0.15) is 6.61 Å². The highest BCUT2D eigenvalue weighted by molar-refractivity contribution is 5.78. The van der Waals surface area contributed by atoms with E-state index in [1.165, 1.54) is 11.3 Å². The Morgan fingerprint density at radius 1 is 1.39 bits per heavy atom. The molecule has 1 unspecified atom stereocenters. The fraction of sp³-hybridized carbons (Fsp3) is 0.765. The minimum absolute atomic E-state index is 0.0759. The van der Waals surface area contributed by atoms with Crippen molar-refractivity contribution in [2.24, 2.45) is 12.5 Å². The van der Waals surface area contributed by atoms with Crippen LogP contribution in [0.15, 0.2) is 6.20 Å². The van der Waals surface area contributed by atoms with E-state index < -0.39 is 0 Å². The van der Waals surface area contributed by atoms with E-state index in [9.17, 15) is 4.79 Å². The Morgan fingerprint density at radius 2 is 2.17 bits per heavy atom. The number of hydrogen-bond acceptors (Lipinski definition) is 4. The standard InChI is InChI=1S/C17H28N4O2/c1-13(2)21-11-17(12-23-9-16(21)22)5-6-20(10-17)8-15-7-18-19(4)14(15)3/h7,13H,5-6,8-12H2,1-4H3. The molecule has 3 heterocycles. The molecular formula is C17H28N4O2. The average molecular weight is 320 g/mol. The van der Waals surface area contributed by atoms with Gasteiger partial charge in [0.15, 0.2) is 0 Å². The number of carbonyl (C=O) groups excluding carboxylic acids is 1. The van der Waals surface area contributed by atoms with Gasteiger partial charge in [-0.2, -0.15) is 5.10 Å². The van der Waals surface area contributed by atoms with Gasteiger partial charge in [0.25, 0.3) is 0 Å². The summed E-state index contributed by atoms with van der Waals surface area (Å²) >= 11 is 0. The number of carbonyl (C=O) groups is 1. The zero-order chi connectivity index (χ0) is 16.6. The van der Waals surface area contributed by atoms with Gasteiger partial charge in [0, 0.05) is 49.4 Å². The van der Waals surface area contributed by atoms with Crippen LogP contribution in [0.5, 0.6) is 0 Å². The van der Waals surface area contributed by atoms with Gasteiger partial charge in [0.2, 0.25) is 5.91 Å². The van der Waals surface area contributed by atoms with Gasteiger partial charge in [0.05, 0.1) is 12.8 Å². The molecule has 2 aliphatic heterocycles. The number of aryl methyl sites for hydroxylation is 1. The van der Waals surface area contributed by atoms with Crippen LogP contribution in [0.25, 0.3) is 0 Å². The maximum atomic E-state index is 12.2. The van der Waals surface area contributed by atoms with Gasteiger partial charge in [-0.25, -0.2) is 0 Å². The maximum Gasteiger partial charge on any atom is 0.248 e. The number of amides is 1. The highest BCUT2D eigenvalue weighted by Gasteiger charge is 2.43. The molecule has 6 heteroatoms. The lowest BCUT2D eigenvalue weighted by atomic mass is 9.87. The molecule has 1 spiro atoms. The lowest BCUT2D eigenvalue weighted by molar-refractivity contribution is -0.135. The highest BCUT2D eigenvalue weighted by atomic mass is 16.5. The highest BCUT2D eigenvalue weighted by Crippen LogP contribution is 2.35. The molecule has 0 aliphatic carbocycles. The Hall–Kier alpha value is -1.40. The van der Waals surface area contributed by atoms with Gasteiger partial charge in [-0.1, -0.05) is 0 Å². The third kappa shape index (κ3) is 3.28. The van der Waals surface area contributed by atoms with Crippen molar-refractivity contribution < 1.29 is 9.53 Å². The second-order valence-electron chi connectivity index (χ2n) is 7.45. The number of likely N-dealkylation sites (tertiary alicyclic amines) is 1. The van der Waals surface area contributed by atoms with Crippen molar-refractivity contribution in [3.63, 3.8) is 0 Å². The van der Waals surface area contributed by atoms with E-state index in [0.29, 0.717) is 6.61 Å². The lowest BCUT2D eigenvalue weighted by Crippen LogP contribution is -2.45. The summed E-state index contributed by atoms with van der Waals surface area (Å²) in [6, 6.07) is 0.232. The maximum absolute atomic E-state index is 12.2. The van der Waals surface area contributed by atoms with E-state index in [4.69, 9.17) is 4.74 Å². The summed E-state index contributed by atoms with van der Waals surface area (Å²) in [4.78, 5) is 16.7. The van der Waals surface area contributed by atoms with Crippen LogP contribution >= 0.6 is 0 Å². The molecule has 128 valence electrons. The smallest absolute Gasteiger partial charge is 0.248 e. The quantitative estimate of drug-likeness (QED) is 0.839. The van der Waals surface area contributed by atoms with Gasteiger partial charge >= 0.3 is 0 Å². The molecule has 3 rings (SSSR count). The summed E-state index contributed by atoms with van der Waals surface area (Å²) in [7, 11) is 1.98. The molecule has 0 bridgehead atoms. The Bertz CT molecular complexity index is 583. The Balaban J connectivity index is 1.69. The van der Waals surface area contributed by atoms with Crippen molar-refractivity contribution in [1.82, 2.24) is 19.6 Å². The third-order valence-corrected chi connectivity index (χ3v) is 5.33. The summed E-state index contributed by atoms with van der Waals surface area (Å²) in [5, 5.41) is 4.33. The molecule has 0 saturated carbocycles. The number of rotatable bonds is 3. The predicted molar refractivity (Wildman–Crippen MR) is 87.9 cm³/mol. The molecule has 1 atom stereocenters. The fourth-order valence-corrected chi connectivity index (χ4v) is 3.75. The second kappa shape index (κ2) is 6.24. The Kier molecular flexibility index (Phi) is 4.47. The van der Waals surface area contributed by atoms with Crippen LogP contribution in [0, 0.1) is 12.3 Å². The molecule has 6 nitrogen and oxygen atoms in total. The Morgan fingerprint density at radius 3 is 2.83 bits per heavy atom. The topological polar surface area (TPSA) is 50.6 Å². The van der Waals surface area contributed by atoms with E-state index in [-0.39, 0.29) is 24.0 Å². The summed E-state index contributed by atoms with van der Waals surface area (Å²) in [6.45, 7) is 11.0. The normalized spacial score (nSPS) is 26.5. The zero-order valence-corrected chi connectivity index (χ0v) is 14.7. The summed E-state index contributed by atoms with van der Waals surface area (Å²) in [5.74, 6) is 0.124. The van der Waals surface area contributed by atoms with Crippen LogP contribution in [-0.4, -0.2) is 64.4 Å². The summed E-state index contributed by atoms with van der Waals surface area (Å²) in [5.41, 5.74) is 2.59. The van der Waals surface area contributed by atoms with E-state index in [2.05, 4.69) is 30.8 Å². The number of nitrogens with zero attached hydrogens (tertiary/aromatic N) is 4. The molecule has 23 heavy (non-hydrogen) atoms. The first kappa shape index (κ1) is 16.5. The second-order valence-corrected chi connectivity index (χ2v) is 7.45. The SMILES string of the molecule is Cc1c(CN2CCC3(COCC(=O)N(C(C)C)C3)C2)cnn1C. The van der Waals surface area contributed by atoms with Gasteiger partial charge < -0.3 is 9.64 Å².